The highest BCUT2D eigenvalue weighted by Crippen LogP contribution is 2.40. The second kappa shape index (κ2) is 13.9. The molecule has 0 unspecified atom stereocenters. The molecule has 1 fully saturated rings. The van der Waals surface area contributed by atoms with Gasteiger partial charge in [-0.3, -0.25) is 0 Å². The van der Waals surface area contributed by atoms with E-state index in [0.717, 1.165) is 35.4 Å². The molecule has 3 aromatic carbocycles. The molecule has 0 radical (unpaired) electrons. The van der Waals surface area contributed by atoms with E-state index in [1.165, 1.54) is 63.5 Å². The average Bonchev–Trinajstić information content (AvgIpc) is 2.94. The van der Waals surface area contributed by atoms with Gasteiger partial charge in [-0.05, 0) is 84.4 Å². The number of hydrogen-bond acceptors (Lipinski definition) is 1. The van der Waals surface area contributed by atoms with Gasteiger partial charge in [-0.25, -0.2) is 8.78 Å². The van der Waals surface area contributed by atoms with E-state index < -0.39 is 11.6 Å². The molecule has 0 aliphatic heterocycles. The predicted octanol–water partition coefficient (Wildman–Crippen LogP) is 10.9. The zero-order valence-electron chi connectivity index (χ0n) is 22.9. The Morgan fingerprint density at radius 1 is 0.684 bits per heavy atom. The summed E-state index contributed by atoms with van der Waals surface area (Å²) in [6.45, 7) is 4.49. The summed E-state index contributed by atoms with van der Waals surface area (Å²) in [4.78, 5) is 0. The molecule has 204 valence electrons. The Bertz CT molecular complexity index is 1160. The lowest BCUT2D eigenvalue weighted by Crippen LogP contribution is -2.14. The summed E-state index contributed by atoms with van der Waals surface area (Å²) in [6, 6.07) is 15.7. The van der Waals surface area contributed by atoms with Crippen LogP contribution in [0, 0.1) is 23.4 Å². The fourth-order valence-electron chi connectivity index (χ4n) is 5.76. The highest BCUT2D eigenvalue weighted by Gasteiger charge is 2.24. The zero-order valence-corrected chi connectivity index (χ0v) is 22.9. The van der Waals surface area contributed by atoms with E-state index in [2.05, 4.69) is 6.92 Å². The summed E-state index contributed by atoms with van der Waals surface area (Å²) in [5, 5.41) is 0. The van der Waals surface area contributed by atoms with Crippen LogP contribution in [-0.2, 0) is 0 Å². The molecule has 4 heteroatoms. The Hall–Kier alpha value is -2.75. The van der Waals surface area contributed by atoms with Gasteiger partial charge in [0.05, 0.1) is 6.61 Å². The molecule has 0 aromatic heterocycles. The van der Waals surface area contributed by atoms with Crippen molar-refractivity contribution in [3.63, 3.8) is 0 Å². The van der Waals surface area contributed by atoms with Crippen molar-refractivity contribution in [2.24, 2.45) is 5.92 Å². The highest BCUT2D eigenvalue weighted by molar-refractivity contribution is 5.71. The number of hydrogen-bond donors (Lipinski definition) is 0. The molecule has 1 aliphatic rings. The third-order valence-electron chi connectivity index (χ3n) is 8.04. The van der Waals surface area contributed by atoms with Crippen molar-refractivity contribution in [3.05, 3.63) is 77.6 Å². The van der Waals surface area contributed by atoms with E-state index in [1.807, 2.05) is 31.2 Å². The Morgan fingerprint density at radius 3 is 2.05 bits per heavy atom. The largest absolute Gasteiger partial charge is 0.490 e. The lowest BCUT2D eigenvalue weighted by molar-refractivity contribution is 0.295. The quantitative estimate of drug-likeness (QED) is 0.215. The molecule has 0 N–H and O–H groups in total. The lowest BCUT2D eigenvalue weighted by Gasteiger charge is -2.29. The molecule has 0 bridgehead atoms. The summed E-state index contributed by atoms with van der Waals surface area (Å²) in [5.74, 6) is -1.02. The molecule has 0 amide bonds. The molecule has 1 aliphatic carbocycles. The minimum absolute atomic E-state index is 0.0730. The van der Waals surface area contributed by atoms with Gasteiger partial charge in [0.15, 0.2) is 11.6 Å². The Kier molecular flexibility index (Phi) is 10.3. The number of benzene rings is 3. The fourth-order valence-corrected chi connectivity index (χ4v) is 5.76. The van der Waals surface area contributed by atoms with Crippen molar-refractivity contribution < 1.29 is 17.9 Å². The highest BCUT2D eigenvalue weighted by atomic mass is 19.2. The van der Waals surface area contributed by atoms with E-state index in [-0.39, 0.29) is 17.1 Å². The summed E-state index contributed by atoms with van der Waals surface area (Å²) >= 11 is 0. The summed E-state index contributed by atoms with van der Waals surface area (Å²) in [7, 11) is 0. The maximum Gasteiger partial charge on any atom is 0.201 e. The minimum atomic E-state index is -0.973. The first-order valence-corrected chi connectivity index (χ1v) is 14.5. The summed E-state index contributed by atoms with van der Waals surface area (Å²) in [6.07, 6.45) is 13.2. The molecule has 38 heavy (non-hydrogen) atoms. The topological polar surface area (TPSA) is 9.23 Å². The zero-order chi connectivity index (χ0) is 26.9. The van der Waals surface area contributed by atoms with Crippen molar-refractivity contribution in [1.29, 1.82) is 0 Å². The van der Waals surface area contributed by atoms with Crippen LogP contribution in [0.5, 0.6) is 5.75 Å². The number of unbranched alkanes of at least 4 members (excludes halogenated alkanes) is 4. The van der Waals surface area contributed by atoms with Crippen LogP contribution in [0.1, 0.15) is 96.0 Å². The first-order valence-electron chi connectivity index (χ1n) is 14.5. The van der Waals surface area contributed by atoms with Gasteiger partial charge < -0.3 is 4.74 Å². The van der Waals surface area contributed by atoms with Crippen LogP contribution < -0.4 is 4.74 Å². The molecule has 0 atom stereocenters. The van der Waals surface area contributed by atoms with E-state index in [1.54, 1.807) is 18.2 Å². The van der Waals surface area contributed by atoms with Crippen LogP contribution in [0.25, 0.3) is 22.3 Å². The van der Waals surface area contributed by atoms with Crippen LogP contribution in [0.2, 0.25) is 0 Å². The van der Waals surface area contributed by atoms with Crippen LogP contribution >= 0.6 is 0 Å². The van der Waals surface area contributed by atoms with Gasteiger partial charge in [0.25, 0.3) is 0 Å². The first kappa shape index (κ1) is 28.3. The van der Waals surface area contributed by atoms with Crippen LogP contribution in [0.15, 0.2) is 54.6 Å². The standard InChI is InChI=1S/C34H41F3O/c1-3-5-6-7-8-9-24-10-12-26(13-11-24)29-19-18-28(23-31(29)35)25-14-16-27(17-15-25)30-20-21-32(38-22-4-2)34(37)33(30)36/h14-21,23-24,26H,3-13,22H2,1-2H3. The molecule has 1 saturated carbocycles. The monoisotopic (exact) mass is 522 g/mol. The third-order valence-corrected chi connectivity index (χ3v) is 8.04. The van der Waals surface area contributed by atoms with Crippen LogP contribution in [0.4, 0.5) is 13.2 Å². The molecule has 0 spiro atoms. The SMILES string of the molecule is CCCCCCCC1CCC(c2ccc(-c3ccc(-c4ccc(OCCC)c(F)c4F)cc3)cc2F)CC1. The van der Waals surface area contributed by atoms with Gasteiger partial charge in [0.1, 0.15) is 5.82 Å². The molecule has 0 heterocycles. The van der Waals surface area contributed by atoms with E-state index in [4.69, 9.17) is 4.74 Å². The number of ether oxygens (including phenoxy) is 1. The molecule has 1 nitrogen and oxygen atoms in total. The second-order valence-corrected chi connectivity index (χ2v) is 10.8. The lowest BCUT2D eigenvalue weighted by atomic mass is 9.76. The van der Waals surface area contributed by atoms with Crippen LogP contribution in [-0.4, -0.2) is 6.61 Å². The maximum atomic E-state index is 15.2. The maximum absolute atomic E-state index is 15.2. The normalized spacial score (nSPS) is 17.5. The third kappa shape index (κ3) is 7.01. The van der Waals surface area contributed by atoms with Crippen LogP contribution in [0.3, 0.4) is 0 Å². The molecular weight excluding hydrogens is 481 g/mol. The van der Waals surface area contributed by atoms with Gasteiger partial charge in [-0.1, -0.05) is 88.8 Å². The van der Waals surface area contributed by atoms with Crippen molar-refractivity contribution in [1.82, 2.24) is 0 Å². The minimum Gasteiger partial charge on any atom is -0.490 e. The Balaban J connectivity index is 1.38. The van der Waals surface area contributed by atoms with Crippen molar-refractivity contribution in [2.75, 3.05) is 6.61 Å². The second-order valence-electron chi connectivity index (χ2n) is 10.8. The van der Waals surface area contributed by atoms with Crippen molar-refractivity contribution in [3.8, 4) is 28.0 Å². The van der Waals surface area contributed by atoms with Crippen molar-refractivity contribution in [2.45, 2.75) is 90.4 Å². The average molecular weight is 523 g/mol. The summed E-state index contributed by atoms with van der Waals surface area (Å²) in [5.41, 5.74) is 3.19. The van der Waals surface area contributed by atoms with Crippen molar-refractivity contribution >= 4 is 0 Å². The Morgan fingerprint density at radius 2 is 1.37 bits per heavy atom. The van der Waals surface area contributed by atoms with Gasteiger partial charge in [-0.15, -0.1) is 0 Å². The number of rotatable bonds is 12. The first-order chi connectivity index (χ1) is 18.5. The van der Waals surface area contributed by atoms with Gasteiger partial charge in [0.2, 0.25) is 5.82 Å². The van der Waals surface area contributed by atoms with Gasteiger partial charge in [-0.2, -0.15) is 4.39 Å². The molecule has 0 saturated heterocycles. The van der Waals surface area contributed by atoms with Gasteiger partial charge in [0, 0.05) is 5.56 Å². The van der Waals surface area contributed by atoms with E-state index in [0.29, 0.717) is 24.5 Å². The Labute approximate surface area is 226 Å². The predicted molar refractivity (Wildman–Crippen MR) is 151 cm³/mol. The molecule has 3 aromatic rings. The van der Waals surface area contributed by atoms with E-state index >= 15 is 4.39 Å². The molecule has 4 rings (SSSR count). The summed E-state index contributed by atoms with van der Waals surface area (Å²) < 4.78 is 49.6. The van der Waals surface area contributed by atoms with E-state index in [9.17, 15) is 8.78 Å². The smallest absolute Gasteiger partial charge is 0.201 e. The fraction of sp³-hybridized carbons (Fsp3) is 0.471. The molecular formula is C34H41F3O. The van der Waals surface area contributed by atoms with Gasteiger partial charge >= 0.3 is 0 Å². The number of halogens is 3.